The molecule has 1 aromatic carbocycles. The molecule has 2 nitrogen and oxygen atoms in total. The average Bonchev–Trinajstić information content (AvgIpc) is 3.22. The van der Waals surface area contributed by atoms with Crippen LogP contribution in [-0.2, 0) is 9.47 Å². The fraction of sp³-hybridized carbons (Fsp3) is 0.714. The third-order valence-electron chi connectivity index (χ3n) is 6.49. The Morgan fingerprint density at radius 3 is 2.23 bits per heavy atom. The van der Waals surface area contributed by atoms with Crippen molar-refractivity contribution in [1.29, 1.82) is 0 Å². The van der Waals surface area contributed by atoms with Gasteiger partial charge in [0.25, 0.3) is 0 Å². The predicted molar refractivity (Wildman–Crippen MR) is 138 cm³/mol. The van der Waals surface area contributed by atoms with Crippen molar-refractivity contribution in [3.05, 3.63) is 41.5 Å². The van der Waals surface area contributed by atoms with E-state index in [9.17, 15) is 0 Å². The Morgan fingerprint density at radius 2 is 1.55 bits per heavy atom. The van der Waals surface area contributed by atoms with Gasteiger partial charge >= 0.3 is 0 Å². The molecule has 2 unspecified atom stereocenters. The molecule has 0 saturated heterocycles. The molecule has 176 valence electrons. The highest BCUT2D eigenvalue weighted by molar-refractivity contribution is 7.80. The molecule has 0 N–H and O–H groups in total. The lowest BCUT2D eigenvalue weighted by Gasteiger charge is -2.43. The number of ether oxygens (including phenoxy) is 2. The van der Waals surface area contributed by atoms with Crippen LogP contribution in [0, 0.1) is 5.92 Å². The quantitative estimate of drug-likeness (QED) is 0.139. The standard InChI is InChI=1S/C28H46O2S/c1-4-7-8-9-10-11-17-27(26-19-18-24-15-12-13-16-25(24)26)28(20-14-23-31,29-21-5-2)30-22-6-3/h12-13,15-16,18-19,26-27,31H,4-11,14,17,20-23H2,1-3H3. The third kappa shape index (κ3) is 7.94. The van der Waals surface area contributed by atoms with Crippen LogP contribution < -0.4 is 0 Å². The molecule has 2 rings (SSSR count). The number of hydrogen-bond donors (Lipinski definition) is 1. The first kappa shape index (κ1) is 26.5. The summed E-state index contributed by atoms with van der Waals surface area (Å²) >= 11 is 4.53. The van der Waals surface area contributed by atoms with E-state index in [4.69, 9.17) is 9.47 Å². The largest absolute Gasteiger partial charge is 0.350 e. The van der Waals surface area contributed by atoms with Crippen molar-refractivity contribution in [2.24, 2.45) is 5.92 Å². The van der Waals surface area contributed by atoms with E-state index in [0.717, 1.165) is 51.1 Å². The minimum atomic E-state index is -0.523. The molecular weight excluding hydrogens is 400 g/mol. The first-order chi connectivity index (χ1) is 15.2. The molecule has 0 heterocycles. The number of allylic oxidation sites excluding steroid dienone is 1. The maximum Gasteiger partial charge on any atom is 0.171 e. The topological polar surface area (TPSA) is 18.5 Å². The lowest BCUT2D eigenvalue weighted by molar-refractivity contribution is -0.275. The summed E-state index contributed by atoms with van der Waals surface area (Å²) in [6.45, 7) is 8.17. The van der Waals surface area contributed by atoms with Gasteiger partial charge < -0.3 is 9.47 Å². The van der Waals surface area contributed by atoms with Crippen molar-refractivity contribution < 1.29 is 9.47 Å². The van der Waals surface area contributed by atoms with Crippen molar-refractivity contribution in [2.75, 3.05) is 19.0 Å². The number of thiol groups is 1. The fourth-order valence-electron chi connectivity index (χ4n) is 4.91. The molecule has 0 spiro atoms. The van der Waals surface area contributed by atoms with Gasteiger partial charge in [-0.25, -0.2) is 0 Å². The van der Waals surface area contributed by atoms with Crippen LogP contribution in [0.5, 0.6) is 0 Å². The highest BCUT2D eigenvalue weighted by atomic mass is 32.1. The highest BCUT2D eigenvalue weighted by Crippen LogP contribution is 2.46. The van der Waals surface area contributed by atoms with Crippen LogP contribution in [-0.4, -0.2) is 24.8 Å². The molecule has 0 aliphatic heterocycles. The van der Waals surface area contributed by atoms with E-state index in [-0.39, 0.29) is 0 Å². The van der Waals surface area contributed by atoms with E-state index in [0.29, 0.717) is 11.8 Å². The third-order valence-corrected chi connectivity index (χ3v) is 6.81. The van der Waals surface area contributed by atoms with E-state index >= 15 is 0 Å². The molecule has 0 aromatic heterocycles. The predicted octanol–water partition coefficient (Wildman–Crippen LogP) is 8.42. The number of fused-ring (bicyclic) bond motifs is 1. The molecule has 0 fully saturated rings. The Labute approximate surface area is 197 Å². The maximum absolute atomic E-state index is 6.68. The highest BCUT2D eigenvalue weighted by Gasteiger charge is 2.45. The van der Waals surface area contributed by atoms with Crippen molar-refractivity contribution in [3.63, 3.8) is 0 Å². The zero-order chi connectivity index (χ0) is 22.4. The monoisotopic (exact) mass is 446 g/mol. The van der Waals surface area contributed by atoms with E-state index in [1.165, 1.54) is 49.7 Å². The Bertz CT molecular complexity index is 605. The van der Waals surface area contributed by atoms with Gasteiger partial charge in [0.15, 0.2) is 5.79 Å². The van der Waals surface area contributed by atoms with Crippen molar-refractivity contribution in [3.8, 4) is 0 Å². The molecule has 0 radical (unpaired) electrons. The molecule has 1 aliphatic rings. The smallest absolute Gasteiger partial charge is 0.171 e. The van der Waals surface area contributed by atoms with Gasteiger partial charge in [-0.1, -0.05) is 95.7 Å². The van der Waals surface area contributed by atoms with Gasteiger partial charge in [-0.15, -0.1) is 0 Å². The van der Waals surface area contributed by atoms with Crippen molar-refractivity contribution in [2.45, 2.75) is 103 Å². The van der Waals surface area contributed by atoms with Crippen LogP contribution >= 0.6 is 12.6 Å². The van der Waals surface area contributed by atoms with Crippen LogP contribution in [0.15, 0.2) is 30.3 Å². The molecule has 0 saturated carbocycles. The Balaban J connectivity index is 2.29. The molecule has 1 aromatic rings. The van der Waals surface area contributed by atoms with E-state index in [1.54, 1.807) is 0 Å². The molecule has 31 heavy (non-hydrogen) atoms. The first-order valence-corrected chi connectivity index (χ1v) is 13.5. The van der Waals surface area contributed by atoms with Gasteiger partial charge in [0.2, 0.25) is 0 Å². The lowest BCUT2D eigenvalue weighted by Crippen LogP contribution is -2.46. The summed E-state index contributed by atoms with van der Waals surface area (Å²) in [5.74, 6) is 1.04. The van der Waals surface area contributed by atoms with Crippen LogP contribution in [0.4, 0.5) is 0 Å². The van der Waals surface area contributed by atoms with Crippen LogP contribution in [0.2, 0.25) is 0 Å². The van der Waals surface area contributed by atoms with E-state index in [1.807, 2.05) is 0 Å². The molecule has 1 aliphatic carbocycles. The summed E-state index contributed by atoms with van der Waals surface area (Å²) in [5.41, 5.74) is 2.79. The summed E-state index contributed by atoms with van der Waals surface area (Å²) in [5, 5.41) is 0. The second-order valence-electron chi connectivity index (χ2n) is 9.01. The first-order valence-electron chi connectivity index (χ1n) is 12.9. The lowest BCUT2D eigenvalue weighted by atomic mass is 9.76. The Morgan fingerprint density at radius 1 is 0.871 bits per heavy atom. The van der Waals surface area contributed by atoms with Gasteiger partial charge in [0, 0.05) is 31.5 Å². The van der Waals surface area contributed by atoms with Crippen LogP contribution in [0.1, 0.15) is 108 Å². The zero-order valence-corrected chi connectivity index (χ0v) is 21.2. The van der Waals surface area contributed by atoms with Gasteiger partial charge in [-0.2, -0.15) is 12.6 Å². The van der Waals surface area contributed by atoms with E-state index < -0.39 is 5.79 Å². The molecular formula is C28H46O2S. The van der Waals surface area contributed by atoms with Gasteiger partial charge in [-0.3, -0.25) is 0 Å². The number of benzene rings is 1. The van der Waals surface area contributed by atoms with Gasteiger partial charge in [-0.05, 0) is 42.6 Å². The summed E-state index contributed by atoms with van der Waals surface area (Å²) in [6.07, 6.45) is 17.7. The Kier molecular flexibility index (Phi) is 12.9. The molecule has 3 heteroatoms. The minimum absolute atomic E-state index is 0.330. The zero-order valence-electron chi connectivity index (χ0n) is 20.3. The van der Waals surface area contributed by atoms with Crippen molar-refractivity contribution >= 4 is 18.7 Å². The van der Waals surface area contributed by atoms with Gasteiger partial charge in [0.05, 0.1) is 0 Å². The number of unbranched alkanes of at least 4 members (excludes halogenated alkanes) is 5. The summed E-state index contributed by atoms with van der Waals surface area (Å²) < 4.78 is 13.4. The summed E-state index contributed by atoms with van der Waals surface area (Å²) in [7, 11) is 0. The molecule has 0 bridgehead atoms. The average molecular weight is 447 g/mol. The van der Waals surface area contributed by atoms with Crippen LogP contribution in [0.3, 0.4) is 0 Å². The summed E-state index contributed by atoms with van der Waals surface area (Å²) in [6, 6.07) is 8.86. The maximum atomic E-state index is 6.68. The number of hydrogen-bond acceptors (Lipinski definition) is 3. The second-order valence-corrected chi connectivity index (χ2v) is 9.46. The molecule has 2 atom stereocenters. The fourth-order valence-corrected chi connectivity index (χ4v) is 5.06. The Hall–Kier alpha value is -0.770. The van der Waals surface area contributed by atoms with Crippen molar-refractivity contribution in [1.82, 2.24) is 0 Å². The molecule has 0 amide bonds. The number of rotatable bonds is 18. The minimum Gasteiger partial charge on any atom is -0.350 e. The summed E-state index contributed by atoms with van der Waals surface area (Å²) in [4.78, 5) is 0. The SMILES string of the molecule is CCCCCCCCC(C1C=Cc2ccccc21)C(CCCS)(OCCC)OCCC. The second kappa shape index (κ2) is 15.1. The van der Waals surface area contributed by atoms with Crippen LogP contribution in [0.25, 0.3) is 6.08 Å². The normalized spacial score (nSPS) is 16.6. The van der Waals surface area contributed by atoms with Gasteiger partial charge in [0.1, 0.15) is 0 Å². The van der Waals surface area contributed by atoms with E-state index in [2.05, 4.69) is 69.8 Å².